The lowest BCUT2D eigenvalue weighted by atomic mass is 10.2. The number of nitrogens with zero attached hydrogens (tertiary/aromatic N) is 4. The molecule has 4 nitrogen and oxygen atoms in total. The zero-order valence-electron chi connectivity index (χ0n) is 12.2. The standard InChI is InChI=1S/C19H12N4/c1-3-7-15(8-4-1)11-12-17-18-19(21-13-20-17)23(14-22-18)16-9-5-2-6-10-16/h1-10,13-14H. The molecule has 2 aromatic heterocycles. The second-order valence-corrected chi connectivity index (χ2v) is 4.96. The molecule has 0 atom stereocenters. The van der Waals surface area contributed by atoms with E-state index in [1.54, 1.807) is 6.33 Å². The SMILES string of the molecule is C(#Cc1ncnc2c1ncn2-c1ccccc1)c1ccccc1. The molecule has 0 unspecified atom stereocenters. The van der Waals surface area contributed by atoms with Crippen molar-refractivity contribution in [2.75, 3.05) is 0 Å². The lowest BCUT2D eigenvalue weighted by Crippen LogP contribution is -1.95. The molecule has 0 saturated carbocycles. The van der Waals surface area contributed by atoms with Crippen molar-refractivity contribution >= 4 is 11.2 Å². The normalized spacial score (nSPS) is 10.3. The third-order valence-corrected chi connectivity index (χ3v) is 3.47. The first-order chi connectivity index (χ1) is 11.4. The van der Waals surface area contributed by atoms with Crippen molar-refractivity contribution in [2.45, 2.75) is 0 Å². The summed E-state index contributed by atoms with van der Waals surface area (Å²) in [6.45, 7) is 0. The largest absolute Gasteiger partial charge is 0.283 e. The van der Waals surface area contributed by atoms with Gasteiger partial charge in [-0.3, -0.25) is 4.57 Å². The van der Waals surface area contributed by atoms with E-state index < -0.39 is 0 Å². The van der Waals surface area contributed by atoms with Gasteiger partial charge in [-0.05, 0) is 30.2 Å². The summed E-state index contributed by atoms with van der Waals surface area (Å²) in [7, 11) is 0. The zero-order chi connectivity index (χ0) is 15.5. The number of rotatable bonds is 1. The Morgan fingerprint density at radius 2 is 1.48 bits per heavy atom. The minimum atomic E-state index is 0.633. The smallest absolute Gasteiger partial charge is 0.169 e. The van der Waals surface area contributed by atoms with Gasteiger partial charge in [-0.25, -0.2) is 15.0 Å². The maximum atomic E-state index is 4.44. The van der Waals surface area contributed by atoms with Crippen LogP contribution in [-0.4, -0.2) is 19.5 Å². The Kier molecular flexibility index (Phi) is 3.30. The van der Waals surface area contributed by atoms with Crippen molar-refractivity contribution in [1.29, 1.82) is 0 Å². The summed E-state index contributed by atoms with van der Waals surface area (Å²) < 4.78 is 1.94. The zero-order valence-corrected chi connectivity index (χ0v) is 12.2. The van der Waals surface area contributed by atoms with E-state index >= 15 is 0 Å². The van der Waals surface area contributed by atoms with Crippen molar-refractivity contribution in [1.82, 2.24) is 19.5 Å². The quantitative estimate of drug-likeness (QED) is 0.507. The summed E-state index contributed by atoms with van der Waals surface area (Å²) in [5, 5.41) is 0. The van der Waals surface area contributed by atoms with Crippen LogP contribution in [0.15, 0.2) is 73.3 Å². The maximum absolute atomic E-state index is 4.44. The molecule has 0 saturated heterocycles. The number of imidazole rings is 1. The first-order valence-corrected chi connectivity index (χ1v) is 7.22. The number of aromatic nitrogens is 4. The van der Waals surface area contributed by atoms with Gasteiger partial charge in [0.2, 0.25) is 0 Å². The van der Waals surface area contributed by atoms with Crippen molar-refractivity contribution in [3.8, 4) is 17.5 Å². The van der Waals surface area contributed by atoms with Gasteiger partial charge in [0.1, 0.15) is 23.9 Å². The van der Waals surface area contributed by atoms with Crippen LogP contribution in [0.4, 0.5) is 0 Å². The molecule has 0 N–H and O–H groups in total. The average Bonchev–Trinajstić information content (AvgIpc) is 3.06. The van der Waals surface area contributed by atoms with Crippen LogP contribution < -0.4 is 0 Å². The highest BCUT2D eigenvalue weighted by Gasteiger charge is 2.09. The van der Waals surface area contributed by atoms with Crippen LogP contribution >= 0.6 is 0 Å². The molecule has 0 amide bonds. The molecule has 4 heteroatoms. The summed E-state index contributed by atoms with van der Waals surface area (Å²) in [6, 6.07) is 19.8. The summed E-state index contributed by atoms with van der Waals surface area (Å²) in [4.78, 5) is 13.1. The molecule has 2 aromatic carbocycles. The monoisotopic (exact) mass is 296 g/mol. The first-order valence-electron chi connectivity index (χ1n) is 7.22. The van der Waals surface area contributed by atoms with Crippen molar-refractivity contribution in [3.63, 3.8) is 0 Å². The van der Waals surface area contributed by atoms with Gasteiger partial charge in [-0.15, -0.1) is 0 Å². The summed E-state index contributed by atoms with van der Waals surface area (Å²) in [5.41, 5.74) is 4.05. The molecule has 4 aromatic rings. The van der Waals surface area contributed by atoms with Crippen LogP contribution in [0.25, 0.3) is 16.9 Å². The Hall–Kier alpha value is -3.45. The fourth-order valence-corrected chi connectivity index (χ4v) is 2.36. The van der Waals surface area contributed by atoms with Gasteiger partial charge < -0.3 is 0 Å². The third kappa shape index (κ3) is 2.56. The van der Waals surface area contributed by atoms with E-state index in [1.807, 2.05) is 65.2 Å². The lowest BCUT2D eigenvalue weighted by Gasteiger charge is -2.02. The number of hydrogen-bond donors (Lipinski definition) is 0. The minimum absolute atomic E-state index is 0.633. The van der Waals surface area contributed by atoms with Crippen molar-refractivity contribution < 1.29 is 0 Å². The number of benzene rings is 2. The molecule has 0 radical (unpaired) electrons. The molecule has 2 heterocycles. The highest BCUT2D eigenvalue weighted by molar-refractivity contribution is 5.78. The van der Waals surface area contributed by atoms with Gasteiger partial charge in [-0.1, -0.05) is 42.3 Å². The van der Waals surface area contributed by atoms with E-state index in [0.29, 0.717) is 11.2 Å². The van der Waals surface area contributed by atoms with Gasteiger partial charge in [0.15, 0.2) is 5.65 Å². The van der Waals surface area contributed by atoms with Crippen molar-refractivity contribution in [2.24, 2.45) is 0 Å². The van der Waals surface area contributed by atoms with Crippen LogP contribution in [0.2, 0.25) is 0 Å². The highest BCUT2D eigenvalue weighted by Crippen LogP contribution is 2.17. The second kappa shape index (κ2) is 5.74. The van der Waals surface area contributed by atoms with E-state index in [9.17, 15) is 0 Å². The first kappa shape index (κ1) is 13.2. The Labute approximate surface area is 133 Å². The molecule has 0 bridgehead atoms. The lowest BCUT2D eigenvalue weighted by molar-refractivity contribution is 1.06. The molecule has 4 rings (SSSR count). The van der Waals surface area contributed by atoms with Crippen LogP contribution in [0.5, 0.6) is 0 Å². The molecule has 0 fully saturated rings. The fourth-order valence-electron chi connectivity index (χ4n) is 2.36. The molecular formula is C19H12N4. The van der Waals surface area contributed by atoms with Crippen LogP contribution in [-0.2, 0) is 0 Å². The molecule has 23 heavy (non-hydrogen) atoms. The van der Waals surface area contributed by atoms with Crippen molar-refractivity contribution in [3.05, 3.63) is 84.6 Å². The fraction of sp³-hybridized carbons (Fsp3) is 0. The Balaban J connectivity index is 1.82. The number of para-hydroxylation sites is 1. The van der Waals surface area contributed by atoms with Gasteiger partial charge in [0.25, 0.3) is 0 Å². The maximum Gasteiger partial charge on any atom is 0.169 e. The molecular weight excluding hydrogens is 284 g/mol. The van der Waals surface area contributed by atoms with Gasteiger partial charge in [0.05, 0.1) is 0 Å². The topological polar surface area (TPSA) is 43.6 Å². The van der Waals surface area contributed by atoms with Gasteiger partial charge in [-0.2, -0.15) is 0 Å². The molecule has 108 valence electrons. The van der Waals surface area contributed by atoms with Crippen LogP contribution in [0, 0.1) is 11.8 Å². The van der Waals surface area contributed by atoms with Gasteiger partial charge in [0, 0.05) is 11.3 Å². The Morgan fingerprint density at radius 3 is 2.26 bits per heavy atom. The second-order valence-electron chi connectivity index (χ2n) is 4.96. The molecule has 0 aliphatic rings. The Bertz CT molecular complexity index is 1010. The predicted molar refractivity (Wildman–Crippen MR) is 89.1 cm³/mol. The van der Waals surface area contributed by atoms with E-state index in [-0.39, 0.29) is 0 Å². The average molecular weight is 296 g/mol. The van der Waals surface area contributed by atoms with Crippen LogP contribution in [0.1, 0.15) is 11.3 Å². The molecule has 0 spiro atoms. The number of hydrogen-bond acceptors (Lipinski definition) is 3. The number of fused-ring (bicyclic) bond motifs is 1. The third-order valence-electron chi connectivity index (χ3n) is 3.47. The highest BCUT2D eigenvalue weighted by atomic mass is 15.1. The van der Waals surface area contributed by atoms with E-state index in [4.69, 9.17) is 0 Å². The van der Waals surface area contributed by atoms with Gasteiger partial charge >= 0.3 is 0 Å². The van der Waals surface area contributed by atoms with E-state index in [0.717, 1.165) is 16.9 Å². The van der Waals surface area contributed by atoms with Crippen LogP contribution in [0.3, 0.4) is 0 Å². The summed E-state index contributed by atoms with van der Waals surface area (Å²) >= 11 is 0. The summed E-state index contributed by atoms with van der Waals surface area (Å²) in [6.07, 6.45) is 3.28. The minimum Gasteiger partial charge on any atom is -0.283 e. The Morgan fingerprint density at radius 1 is 0.739 bits per heavy atom. The summed E-state index contributed by atoms with van der Waals surface area (Å²) in [5.74, 6) is 6.20. The predicted octanol–water partition coefficient (Wildman–Crippen LogP) is 3.22. The van der Waals surface area contributed by atoms with E-state index in [2.05, 4.69) is 26.8 Å². The molecule has 0 aliphatic carbocycles. The van der Waals surface area contributed by atoms with E-state index in [1.165, 1.54) is 6.33 Å². The molecule has 0 aliphatic heterocycles.